The lowest BCUT2D eigenvalue weighted by atomic mass is 10.0. The molecule has 1 saturated heterocycles. The second-order valence-corrected chi connectivity index (χ2v) is 6.92. The molecule has 4 heteroatoms. The number of rotatable bonds is 4. The van der Waals surface area contributed by atoms with Crippen molar-refractivity contribution >= 4 is 16.7 Å². The zero-order chi connectivity index (χ0) is 17.1. The van der Waals surface area contributed by atoms with Crippen LogP contribution >= 0.6 is 0 Å². The molecule has 4 rings (SSSR count). The number of benzene rings is 2. The van der Waals surface area contributed by atoms with Gasteiger partial charge in [-0.25, -0.2) is 9.97 Å². The molecule has 0 unspecified atom stereocenters. The summed E-state index contributed by atoms with van der Waals surface area (Å²) in [6.07, 6.45) is 3.94. The van der Waals surface area contributed by atoms with Crippen molar-refractivity contribution in [3.05, 3.63) is 66.0 Å². The summed E-state index contributed by atoms with van der Waals surface area (Å²) >= 11 is 0. The fourth-order valence-corrected chi connectivity index (χ4v) is 3.56. The summed E-state index contributed by atoms with van der Waals surface area (Å²) in [4.78, 5) is 11.4. The zero-order valence-corrected chi connectivity index (χ0v) is 14.7. The van der Waals surface area contributed by atoms with Crippen molar-refractivity contribution in [1.82, 2.24) is 14.9 Å². The van der Waals surface area contributed by atoms with Crippen LogP contribution in [0.25, 0.3) is 10.9 Å². The highest BCUT2D eigenvalue weighted by Crippen LogP contribution is 2.23. The van der Waals surface area contributed by atoms with Crippen molar-refractivity contribution in [2.24, 2.45) is 0 Å². The number of hydrogen-bond acceptors (Lipinski definition) is 4. The van der Waals surface area contributed by atoms with E-state index in [2.05, 4.69) is 75.6 Å². The summed E-state index contributed by atoms with van der Waals surface area (Å²) in [5.41, 5.74) is 3.64. The summed E-state index contributed by atoms with van der Waals surface area (Å²) in [5.74, 6) is 0.968. The van der Waals surface area contributed by atoms with E-state index in [4.69, 9.17) is 0 Å². The van der Waals surface area contributed by atoms with Crippen LogP contribution in [0.15, 0.2) is 54.9 Å². The average molecular weight is 332 g/mol. The van der Waals surface area contributed by atoms with E-state index in [-0.39, 0.29) is 0 Å². The molecule has 1 aliphatic rings. The molecule has 4 nitrogen and oxygen atoms in total. The number of hydrogen-bond donors (Lipinski definition) is 1. The van der Waals surface area contributed by atoms with Gasteiger partial charge in [0.1, 0.15) is 12.1 Å². The lowest BCUT2D eigenvalue weighted by Crippen LogP contribution is -2.38. The molecule has 0 bridgehead atoms. The van der Waals surface area contributed by atoms with Crippen LogP contribution in [-0.4, -0.2) is 34.0 Å². The van der Waals surface area contributed by atoms with Gasteiger partial charge in [0.2, 0.25) is 0 Å². The summed E-state index contributed by atoms with van der Waals surface area (Å²) in [7, 11) is 0. The zero-order valence-electron chi connectivity index (χ0n) is 14.7. The van der Waals surface area contributed by atoms with Crippen molar-refractivity contribution in [3.63, 3.8) is 0 Å². The fourth-order valence-electron chi connectivity index (χ4n) is 3.56. The first-order valence-electron chi connectivity index (χ1n) is 9.02. The van der Waals surface area contributed by atoms with Crippen LogP contribution in [0.2, 0.25) is 0 Å². The van der Waals surface area contributed by atoms with Gasteiger partial charge in [0.25, 0.3) is 0 Å². The van der Waals surface area contributed by atoms with Crippen LogP contribution in [0, 0.1) is 6.92 Å². The first kappa shape index (κ1) is 16.0. The quantitative estimate of drug-likeness (QED) is 0.783. The van der Waals surface area contributed by atoms with Crippen molar-refractivity contribution in [2.75, 3.05) is 18.4 Å². The summed E-state index contributed by atoms with van der Waals surface area (Å²) in [6, 6.07) is 17.5. The summed E-state index contributed by atoms with van der Waals surface area (Å²) in [5, 5.41) is 4.78. The Kier molecular flexibility index (Phi) is 4.61. The number of fused-ring (bicyclic) bond motifs is 1. The SMILES string of the molecule is Cc1ccc2ncnc(NC3CCN(Cc4ccccc4)CC3)c2c1. The van der Waals surface area contributed by atoms with Crippen LogP contribution in [0.4, 0.5) is 5.82 Å². The monoisotopic (exact) mass is 332 g/mol. The third-order valence-corrected chi connectivity index (χ3v) is 4.97. The van der Waals surface area contributed by atoms with Gasteiger partial charge < -0.3 is 5.32 Å². The standard InChI is InChI=1S/C21H24N4/c1-16-7-8-20-19(13-16)21(23-15-22-20)24-18-9-11-25(12-10-18)14-17-5-3-2-4-6-17/h2-8,13,15,18H,9-12,14H2,1H3,(H,22,23,24). The number of aryl methyl sites for hydroxylation is 1. The van der Waals surface area contributed by atoms with E-state index in [1.165, 1.54) is 11.1 Å². The van der Waals surface area contributed by atoms with Gasteiger partial charge in [-0.2, -0.15) is 0 Å². The molecule has 128 valence electrons. The number of nitrogens with one attached hydrogen (secondary N) is 1. The molecule has 0 saturated carbocycles. The second-order valence-electron chi connectivity index (χ2n) is 6.92. The molecule has 1 fully saturated rings. The average Bonchev–Trinajstić information content (AvgIpc) is 2.65. The highest BCUT2D eigenvalue weighted by atomic mass is 15.1. The van der Waals surface area contributed by atoms with Crippen molar-refractivity contribution in [1.29, 1.82) is 0 Å². The van der Waals surface area contributed by atoms with Gasteiger partial charge in [-0.3, -0.25) is 4.90 Å². The number of anilines is 1. The maximum absolute atomic E-state index is 4.49. The Morgan fingerprint density at radius 2 is 1.84 bits per heavy atom. The van der Waals surface area contributed by atoms with Gasteiger partial charge >= 0.3 is 0 Å². The molecular weight excluding hydrogens is 308 g/mol. The van der Waals surface area contributed by atoms with Crippen molar-refractivity contribution in [3.8, 4) is 0 Å². The Labute approximate surface area is 148 Å². The second kappa shape index (κ2) is 7.19. The first-order valence-corrected chi connectivity index (χ1v) is 9.02. The number of nitrogens with zero attached hydrogens (tertiary/aromatic N) is 3. The molecule has 1 aromatic heterocycles. The third kappa shape index (κ3) is 3.80. The lowest BCUT2D eigenvalue weighted by molar-refractivity contribution is 0.211. The topological polar surface area (TPSA) is 41.1 Å². The van der Waals surface area contributed by atoms with Crippen LogP contribution in [0.3, 0.4) is 0 Å². The predicted molar refractivity (Wildman–Crippen MR) is 103 cm³/mol. The van der Waals surface area contributed by atoms with Crippen molar-refractivity contribution < 1.29 is 0 Å². The minimum Gasteiger partial charge on any atom is -0.367 e. The van der Waals surface area contributed by atoms with E-state index in [1.807, 2.05) is 0 Å². The lowest BCUT2D eigenvalue weighted by Gasteiger charge is -2.32. The molecule has 1 N–H and O–H groups in total. The molecule has 0 aliphatic carbocycles. The molecular formula is C21H24N4. The first-order chi connectivity index (χ1) is 12.3. The smallest absolute Gasteiger partial charge is 0.137 e. The largest absolute Gasteiger partial charge is 0.367 e. The summed E-state index contributed by atoms with van der Waals surface area (Å²) in [6.45, 7) is 5.39. The highest BCUT2D eigenvalue weighted by Gasteiger charge is 2.20. The van der Waals surface area contributed by atoms with Gasteiger partial charge in [0.05, 0.1) is 5.52 Å². The minimum absolute atomic E-state index is 0.477. The highest BCUT2D eigenvalue weighted by molar-refractivity contribution is 5.89. The van der Waals surface area contributed by atoms with Crippen LogP contribution in [-0.2, 0) is 6.54 Å². The molecule has 0 spiro atoms. The van der Waals surface area contributed by atoms with Crippen LogP contribution in [0.1, 0.15) is 24.0 Å². The minimum atomic E-state index is 0.477. The number of aromatic nitrogens is 2. The van der Waals surface area contributed by atoms with Gasteiger partial charge in [-0.1, -0.05) is 42.0 Å². The maximum Gasteiger partial charge on any atom is 0.137 e. The van der Waals surface area contributed by atoms with Crippen LogP contribution in [0.5, 0.6) is 0 Å². The fraction of sp³-hybridized carbons (Fsp3) is 0.333. The van der Waals surface area contributed by atoms with Gasteiger partial charge in [-0.05, 0) is 37.5 Å². The normalized spacial score (nSPS) is 16.2. The van der Waals surface area contributed by atoms with Crippen LogP contribution < -0.4 is 5.32 Å². The Morgan fingerprint density at radius 1 is 1.04 bits per heavy atom. The summed E-state index contributed by atoms with van der Waals surface area (Å²) < 4.78 is 0. The molecule has 1 aliphatic heterocycles. The molecule has 0 atom stereocenters. The molecule has 0 radical (unpaired) electrons. The van der Waals surface area contributed by atoms with Gasteiger partial charge in [-0.15, -0.1) is 0 Å². The molecule has 25 heavy (non-hydrogen) atoms. The Hall–Kier alpha value is -2.46. The van der Waals surface area contributed by atoms with Crippen molar-refractivity contribution in [2.45, 2.75) is 32.4 Å². The van der Waals surface area contributed by atoms with E-state index in [0.717, 1.165) is 49.2 Å². The van der Waals surface area contributed by atoms with Gasteiger partial charge in [0, 0.05) is 31.1 Å². The Balaban J connectivity index is 1.40. The molecule has 3 aromatic rings. The third-order valence-electron chi connectivity index (χ3n) is 4.97. The van der Waals surface area contributed by atoms with E-state index in [1.54, 1.807) is 6.33 Å². The Bertz CT molecular complexity index is 839. The predicted octanol–water partition coefficient (Wildman–Crippen LogP) is 4.01. The Morgan fingerprint density at radius 3 is 2.64 bits per heavy atom. The van der Waals surface area contributed by atoms with E-state index in [9.17, 15) is 0 Å². The number of piperidine rings is 1. The number of likely N-dealkylation sites (tertiary alicyclic amines) is 1. The molecule has 2 aromatic carbocycles. The molecule has 0 amide bonds. The van der Waals surface area contributed by atoms with E-state index < -0.39 is 0 Å². The van der Waals surface area contributed by atoms with E-state index >= 15 is 0 Å². The maximum atomic E-state index is 4.49. The van der Waals surface area contributed by atoms with E-state index in [0.29, 0.717) is 6.04 Å². The molecule has 2 heterocycles. The van der Waals surface area contributed by atoms with Gasteiger partial charge in [0.15, 0.2) is 0 Å².